The molecule has 0 radical (unpaired) electrons. The summed E-state index contributed by atoms with van der Waals surface area (Å²) in [5.74, 6) is 2.29. The van der Waals surface area contributed by atoms with Crippen LogP contribution in [0.15, 0.2) is 0 Å². The van der Waals surface area contributed by atoms with Gasteiger partial charge in [-0.1, -0.05) is 20.8 Å². The summed E-state index contributed by atoms with van der Waals surface area (Å²) in [6.07, 6.45) is 0. The van der Waals surface area contributed by atoms with Crippen molar-refractivity contribution < 1.29 is 0 Å². The standard InChI is InChI=1S/C11H22N4/c1-7-12-11(4,5)10-13-9(8(2)3)14-15(10)6/h8,12H,7H2,1-6H3. The smallest absolute Gasteiger partial charge is 0.153 e. The monoisotopic (exact) mass is 210 g/mol. The Hall–Kier alpha value is -0.900. The number of nitrogens with zero attached hydrogens (tertiary/aromatic N) is 3. The van der Waals surface area contributed by atoms with E-state index in [2.05, 4.69) is 50.0 Å². The largest absolute Gasteiger partial charge is 0.306 e. The average Bonchev–Trinajstić information content (AvgIpc) is 2.47. The van der Waals surface area contributed by atoms with Crippen LogP contribution in [0.3, 0.4) is 0 Å². The highest BCUT2D eigenvalue weighted by molar-refractivity contribution is 5.06. The summed E-state index contributed by atoms with van der Waals surface area (Å²) in [5.41, 5.74) is -0.121. The van der Waals surface area contributed by atoms with Crippen LogP contribution in [-0.4, -0.2) is 21.3 Å². The Morgan fingerprint density at radius 3 is 2.40 bits per heavy atom. The lowest BCUT2D eigenvalue weighted by Gasteiger charge is -2.24. The average molecular weight is 210 g/mol. The molecule has 0 atom stereocenters. The van der Waals surface area contributed by atoms with Crippen molar-refractivity contribution in [3.63, 3.8) is 0 Å². The summed E-state index contributed by atoms with van der Waals surface area (Å²) in [7, 11) is 1.95. The van der Waals surface area contributed by atoms with Gasteiger partial charge < -0.3 is 5.32 Å². The molecule has 0 amide bonds. The Morgan fingerprint density at radius 2 is 2.00 bits per heavy atom. The van der Waals surface area contributed by atoms with Gasteiger partial charge in [-0.15, -0.1) is 0 Å². The van der Waals surface area contributed by atoms with E-state index in [-0.39, 0.29) is 5.54 Å². The highest BCUT2D eigenvalue weighted by atomic mass is 15.4. The molecule has 0 saturated heterocycles. The molecule has 1 aromatic heterocycles. The van der Waals surface area contributed by atoms with E-state index in [0.29, 0.717) is 5.92 Å². The van der Waals surface area contributed by atoms with Crippen molar-refractivity contribution in [2.24, 2.45) is 7.05 Å². The first-order valence-corrected chi connectivity index (χ1v) is 5.55. The number of nitrogens with one attached hydrogen (secondary N) is 1. The summed E-state index contributed by atoms with van der Waals surface area (Å²) in [6.45, 7) is 11.5. The maximum absolute atomic E-state index is 4.59. The van der Waals surface area contributed by atoms with E-state index >= 15 is 0 Å². The third-order valence-electron chi connectivity index (χ3n) is 2.47. The van der Waals surface area contributed by atoms with Gasteiger partial charge in [0.25, 0.3) is 0 Å². The van der Waals surface area contributed by atoms with Gasteiger partial charge in [-0.25, -0.2) is 4.98 Å². The molecular formula is C11H22N4. The third kappa shape index (κ3) is 2.56. The molecule has 0 bridgehead atoms. The second kappa shape index (κ2) is 4.31. The number of aryl methyl sites for hydroxylation is 1. The van der Waals surface area contributed by atoms with E-state index in [1.807, 2.05) is 11.7 Å². The zero-order chi connectivity index (χ0) is 11.6. The van der Waals surface area contributed by atoms with E-state index < -0.39 is 0 Å². The summed E-state index contributed by atoms with van der Waals surface area (Å²) in [6, 6.07) is 0. The molecule has 0 aliphatic carbocycles. The fourth-order valence-corrected chi connectivity index (χ4v) is 1.71. The van der Waals surface area contributed by atoms with Crippen LogP contribution in [0.5, 0.6) is 0 Å². The van der Waals surface area contributed by atoms with Crippen LogP contribution in [-0.2, 0) is 12.6 Å². The van der Waals surface area contributed by atoms with E-state index in [4.69, 9.17) is 0 Å². The van der Waals surface area contributed by atoms with E-state index in [1.54, 1.807) is 0 Å². The molecule has 0 fully saturated rings. The van der Waals surface area contributed by atoms with Crippen LogP contribution in [0.2, 0.25) is 0 Å². The Morgan fingerprint density at radius 1 is 1.40 bits per heavy atom. The maximum Gasteiger partial charge on any atom is 0.153 e. The number of rotatable bonds is 4. The molecule has 0 saturated carbocycles. The fraction of sp³-hybridized carbons (Fsp3) is 0.818. The van der Waals surface area contributed by atoms with Gasteiger partial charge in [-0.05, 0) is 20.4 Å². The van der Waals surface area contributed by atoms with Crippen molar-refractivity contribution in [2.45, 2.75) is 46.1 Å². The zero-order valence-electron chi connectivity index (χ0n) is 10.6. The van der Waals surface area contributed by atoms with Crippen LogP contribution in [0.25, 0.3) is 0 Å². The van der Waals surface area contributed by atoms with E-state index in [0.717, 1.165) is 18.2 Å². The summed E-state index contributed by atoms with van der Waals surface area (Å²) >= 11 is 0. The minimum atomic E-state index is -0.121. The van der Waals surface area contributed by atoms with Crippen molar-refractivity contribution in [3.8, 4) is 0 Å². The normalized spacial score (nSPS) is 12.5. The molecule has 1 rings (SSSR count). The minimum Gasteiger partial charge on any atom is -0.306 e. The van der Waals surface area contributed by atoms with E-state index in [1.165, 1.54) is 0 Å². The van der Waals surface area contributed by atoms with Crippen LogP contribution in [0.4, 0.5) is 0 Å². The molecule has 0 aliphatic heterocycles. The van der Waals surface area contributed by atoms with E-state index in [9.17, 15) is 0 Å². The van der Waals surface area contributed by atoms with Gasteiger partial charge in [-0.3, -0.25) is 4.68 Å². The summed E-state index contributed by atoms with van der Waals surface area (Å²) in [4.78, 5) is 4.59. The lowest BCUT2D eigenvalue weighted by atomic mass is 10.0. The molecule has 4 nitrogen and oxygen atoms in total. The Bertz CT molecular complexity index is 325. The fourth-order valence-electron chi connectivity index (χ4n) is 1.71. The summed E-state index contributed by atoms with van der Waals surface area (Å²) in [5, 5.41) is 7.83. The molecule has 1 N–H and O–H groups in total. The Labute approximate surface area is 92.1 Å². The van der Waals surface area contributed by atoms with Gasteiger partial charge in [0.05, 0.1) is 5.54 Å². The van der Waals surface area contributed by atoms with Crippen molar-refractivity contribution in [2.75, 3.05) is 6.54 Å². The second-order valence-electron chi connectivity index (χ2n) is 4.73. The third-order valence-corrected chi connectivity index (χ3v) is 2.47. The molecule has 1 heterocycles. The first-order chi connectivity index (χ1) is 6.88. The highest BCUT2D eigenvalue weighted by Gasteiger charge is 2.26. The van der Waals surface area contributed by atoms with Gasteiger partial charge in [0.2, 0.25) is 0 Å². The molecule has 0 aromatic carbocycles. The number of aromatic nitrogens is 3. The lowest BCUT2D eigenvalue weighted by Crippen LogP contribution is -2.38. The van der Waals surface area contributed by atoms with Crippen molar-refractivity contribution >= 4 is 0 Å². The number of hydrogen-bond acceptors (Lipinski definition) is 3. The van der Waals surface area contributed by atoms with Crippen LogP contribution in [0.1, 0.15) is 52.2 Å². The van der Waals surface area contributed by atoms with Crippen LogP contribution in [0, 0.1) is 0 Å². The highest BCUT2D eigenvalue weighted by Crippen LogP contribution is 2.19. The molecule has 0 spiro atoms. The van der Waals surface area contributed by atoms with Gasteiger partial charge in [0.15, 0.2) is 5.82 Å². The first-order valence-electron chi connectivity index (χ1n) is 5.55. The summed E-state index contributed by atoms with van der Waals surface area (Å²) < 4.78 is 1.87. The van der Waals surface area contributed by atoms with Crippen molar-refractivity contribution in [3.05, 3.63) is 11.6 Å². The molecule has 4 heteroatoms. The first kappa shape index (κ1) is 12.2. The van der Waals surface area contributed by atoms with Crippen LogP contribution >= 0.6 is 0 Å². The number of hydrogen-bond donors (Lipinski definition) is 1. The molecule has 1 aromatic rings. The van der Waals surface area contributed by atoms with Crippen LogP contribution < -0.4 is 5.32 Å². The quantitative estimate of drug-likeness (QED) is 0.823. The topological polar surface area (TPSA) is 42.7 Å². The predicted octanol–water partition coefficient (Wildman–Crippen LogP) is 1.78. The molecule has 0 aliphatic rings. The van der Waals surface area contributed by atoms with Gasteiger partial charge >= 0.3 is 0 Å². The Balaban J connectivity index is 3.03. The van der Waals surface area contributed by atoms with Crippen molar-refractivity contribution in [1.82, 2.24) is 20.1 Å². The molecule has 15 heavy (non-hydrogen) atoms. The van der Waals surface area contributed by atoms with Gasteiger partial charge in [0.1, 0.15) is 5.82 Å². The maximum atomic E-state index is 4.59. The Kier molecular flexibility index (Phi) is 3.50. The SMILES string of the molecule is CCNC(C)(C)c1nc(C(C)C)nn1C. The van der Waals surface area contributed by atoms with Gasteiger partial charge in [0, 0.05) is 13.0 Å². The van der Waals surface area contributed by atoms with Crippen molar-refractivity contribution in [1.29, 1.82) is 0 Å². The zero-order valence-corrected chi connectivity index (χ0v) is 10.6. The predicted molar refractivity (Wildman–Crippen MR) is 61.8 cm³/mol. The molecule has 86 valence electrons. The lowest BCUT2D eigenvalue weighted by molar-refractivity contribution is 0.375. The second-order valence-corrected chi connectivity index (χ2v) is 4.73. The molecular weight excluding hydrogens is 188 g/mol. The minimum absolute atomic E-state index is 0.121. The molecule has 0 unspecified atom stereocenters. The van der Waals surface area contributed by atoms with Gasteiger partial charge in [-0.2, -0.15) is 5.10 Å².